The Morgan fingerprint density at radius 1 is 1.14 bits per heavy atom. The molecule has 0 unspecified atom stereocenters. The Labute approximate surface area is 171 Å². The van der Waals surface area contributed by atoms with Crippen LogP contribution in [0.1, 0.15) is 12.7 Å². The van der Waals surface area contributed by atoms with E-state index in [2.05, 4.69) is 20.6 Å². The zero-order chi connectivity index (χ0) is 20.2. The first-order valence-corrected chi connectivity index (χ1v) is 9.86. The molecule has 0 atom stereocenters. The third-order valence-corrected chi connectivity index (χ3v) is 5.14. The number of nitrogens with one attached hydrogen (secondary N) is 1. The summed E-state index contributed by atoms with van der Waals surface area (Å²) in [5, 5.41) is 16.5. The summed E-state index contributed by atoms with van der Waals surface area (Å²) in [5.74, 6) is 1.91. The summed E-state index contributed by atoms with van der Waals surface area (Å²) in [7, 11) is 1.60. The predicted molar refractivity (Wildman–Crippen MR) is 111 cm³/mol. The van der Waals surface area contributed by atoms with E-state index in [0.717, 1.165) is 33.5 Å². The summed E-state index contributed by atoms with van der Waals surface area (Å²) in [5.41, 5.74) is 1.57. The van der Waals surface area contributed by atoms with E-state index in [-0.39, 0.29) is 12.5 Å². The van der Waals surface area contributed by atoms with Crippen LogP contribution in [0.2, 0.25) is 0 Å². The highest BCUT2D eigenvalue weighted by Crippen LogP contribution is 2.27. The van der Waals surface area contributed by atoms with E-state index in [1.54, 1.807) is 35.9 Å². The van der Waals surface area contributed by atoms with Gasteiger partial charge in [0.1, 0.15) is 16.5 Å². The molecule has 2 aromatic carbocycles. The largest absolute Gasteiger partial charge is 0.497 e. The number of methoxy groups -OCH3 is 1. The number of benzene rings is 2. The van der Waals surface area contributed by atoms with Gasteiger partial charge in [-0.25, -0.2) is 0 Å². The Hall–Kier alpha value is -3.46. The van der Waals surface area contributed by atoms with Crippen LogP contribution in [0.25, 0.3) is 15.5 Å². The van der Waals surface area contributed by atoms with Gasteiger partial charge in [-0.15, -0.1) is 10.2 Å². The van der Waals surface area contributed by atoms with Gasteiger partial charge in [-0.1, -0.05) is 30.4 Å². The first kappa shape index (κ1) is 18.9. The summed E-state index contributed by atoms with van der Waals surface area (Å²) >= 11 is 1.46. The van der Waals surface area contributed by atoms with E-state index < -0.39 is 0 Å². The molecule has 0 aliphatic carbocycles. The molecule has 9 heteroatoms. The number of anilines is 1. The number of hydrogen-bond acceptors (Lipinski definition) is 7. The lowest BCUT2D eigenvalue weighted by molar-refractivity contribution is -0.118. The van der Waals surface area contributed by atoms with E-state index in [1.807, 2.05) is 31.2 Å². The molecule has 2 aromatic heterocycles. The molecule has 0 fully saturated rings. The summed E-state index contributed by atoms with van der Waals surface area (Å²) in [4.78, 5) is 13.0. The summed E-state index contributed by atoms with van der Waals surface area (Å²) in [6, 6.07) is 14.6. The highest BCUT2D eigenvalue weighted by atomic mass is 32.1. The molecular formula is C20H19N5O3S. The van der Waals surface area contributed by atoms with Crippen LogP contribution >= 0.6 is 11.3 Å². The fourth-order valence-corrected chi connectivity index (χ4v) is 3.60. The predicted octanol–water partition coefficient (Wildman–Crippen LogP) is 3.44. The van der Waals surface area contributed by atoms with Crippen LogP contribution in [0.15, 0.2) is 48.5 Å². The molecule has 0 saturated carbocycles. The van der Waals surface area contributed by atoms with Crippen molar-refractivity contribution in [2.45, 2.75) is 13.3 Å². The van der Waals surface area contributed by atoms with E-state index in [9.17, 15) is 4.79 Å². The van der Waals surface area contributed by atoms with Gasteiger partial charge in [-0.3, -0.25) is 4.79 Å². The highest BCUT2D eigenvalue weighted by molar-refractivity contribution is 7.19. The van der Waals surface area contributed by atoms with Crippen molar-refractivity contribution < 1.29 is 14.3 Å². The maximum Gasteiger partial charge on any atom is 0.262 e. The van der Waals surface area contributed by atoms with Crippen molar-refractivity contribution >= 4 is 27.9 Å². The number of fused-ring (bicyclic) bond motifs is 1. The average molecular weight is 409 g/mol. The van der Waals surface area contributed by atoms with Crippen LogP contribution in [-0.4, -0.2) is 39.4 Å². The molecule has 0 bridgehead atoms. The molecule has 0 aliphatic heterocycles. The molecule has 29 heavy (non-hydrogen) atoms. The van der Waals surface area contributed by atoms with Gasteiger partial charge in [-0.05, 0) is 36.4 Å². The molecule has 0 aliphatic rings. The number of carbonyl (C=O) groups is 1. The number of ether oxygens (including phenoxy) is 2. The molecular weight excluding hydrogens is 390 g/mol. The van der Waals surface area contributed by atoms with Gasteiger partial charge >= 0.3 is 0 Å². The van der Waals surface area contributed by atoms with Gasteiger partial charge in [0.15, 0.2) is 12.4 Å². The second-order valence-electron chi connectivity index (χ2n) is 6.16. The summed E-state index contributed by atoms with van der Waals surface area (Å²) in [6.45, 7) is 1.92. The molecule has 148 valence electrons. The normalized spacial score (nSPS) is 10.8. The van der Waals surface area contributed by atoms with Crippen molar-refractivity contribution in [3.05, 3.63) is 54.4 Å². The van der Waals surface area contributed by atoms with Crippen molar-refractivity contribution in [3.8, 4) is 22.1 Å². The number of rotatable bonds is 7. The Balaban J connectivity index is 1.42. The first-order chi connectivity index (χ1) is 14.2. The van der Waals surface area contributed by atoms with Crippen molar-refractivity contribution in [2.75, 3.05) is 19.0 Å². The van der Waals surface area contributed by atoms with Crippen molar-refractivity contribution in [3.63, 3.8) is 0 Å². The fourth-order valence-electron chi connectivity index (χ4n) is 2.74. The lowest BCUT2D eigenvalue weighted by atomic mass is 10.2. The van der Waals surface area contributed by atoms with Crippen LogP contribution in [0.4, 0.5) is 5.69 Å². The summed E-state index contributed by atoms with van der Waals surface area (Å²) < 4.78 is 12.4. The Morgan fingerprint density at radius 3 is 2.69 bits per heavy atom. The van der Waals surface area contributed by atoms with Crippen molar-refractivity contribution in [2.24, 2.45) is 0 Å². The molecule has 4 aromatic rings. The smallest absolute Gasteiger partial charge is 0.262 e. The van der Waals surface area contributed by atoms with Crippen LogP contribution in [0, 0.1) is 0 Å². The van der Waals surface area contributed by atoms with Crippen LogP contribution in [0.3, 0.4) is 0 Å². The maximum atomic E-state index is 12.2. The second kappa shape index (κ2) is 8.27. The molecule has 8 nitrogen and oxygen atoms in total. The number of hydrogen-bond donors (Lipinski definition) is 1. The third kappa shape index (κ3) is 4.19. The standard InChI is InChI=1S/C20H19N5O3S/c1-3-17-22-23-20-25(17)24-19(29-20)13-5-4-6-14(11-13)21-18(26)12-28-16-9-7-15(27-2)8-10-16/h4-11H,3,12H2,1-2H3,(H,21,26). The fraction of sp³-hybridized carbons (Fsp3) is 0.200. The van der Waals surface area contributed by atoms with Gasteiger partial charge in [0.2, 0.25) is 4.96 Å². The minimum atomic E-state index is -0.246. The highest BCUT2D eigenvalue weighted by Gasteiger charge is 2.12. The van der Waals surface area contributed by atoms with E-state index in [1.165, 1.54) is 11.3 Å². The lowest BCUT2D eigenvalue weighted by Crippen LogP contribution is -2.20. The number of nitrogens with zero attached hydrogens (tertiary/aromatic N) is 4. The molecule has 0 saturated heterocycles. The quantitative estimate of drug-likeness (QED) is 0.503. The molecule has 0 spiro atoms. The number of aryl methyl sites for hydroxylation is 1. The Morgan fingerprint density at radius 2 is 1.93 bits per heavy atom. The SMILES string of the molecule is CCc1nnc2sc(-c3cccc(NC(=O)COc4ccc(OC)cc4)c3)nn12. The molecule has 0 radical (unpaired) electrons. The minimum absolute atomic E-state index is 0.0901. The number of carbonyl (C=O) groups excluding carboxylic acids is 1. The van der Waals surface area contributed by atoms with Gasteiger partial charge in [0.25, 0.3) is 5.91 Å². The molecule has 2 heterocycles. The third-order valence-electron chi connectivity index (χ3n) is 4.19. The molecule has 1 amide bonds. The Bertz CT molecular complexity index is 1140. The van der Waals surface area contributed by atoms with Crippen molar-refractivity contribution in [1.82, 2.24) is 19.8 Å². The zero-order valence-corrected chi connectivity index (χ0v) is 16.8. The van der Waals surface area contributed by atoms with E-state index in [4.69, 9.17) is 9.47 Å². The van der Waals surface area contributed by atoms with Gasteiger partial charge in [-0.2, -0.15) is 9.61 Å². The first-order valence-electron chi connectivity index (χ1n) is 9.04. The second-order valence-corrected chi connectivity index (χ2v) is 7.12. The number of aromatic nitrogens is 4. The van der Waals surface area contributed by atoms with Crippen molar-refractivity contribution in [1.29, 1.82) is 0 Å². The molecule has 1 N–H and O–H groups in total. The van der Waals surface area contributed by atoms with Crippen LogP contribution in [-0.2, 0) is 11.2 Å². The monoisotopic (exact) mass is 409 g/mol. The number of amides is 1. The van der Waals surface area contributed by atoms with E-state index in [0.29, 0.717) is 11.4 Å². The van der Waals surface area contributed by atoms with Crippen LogP contribution < -0.4 is 14.8 Å². The van der Waals surface area contributed by atoms with Crippen LogP contribution in [0.5, 0.6) is 11.5 Å². The van der Waals surface area contributed by atoms with Gasteiger partial charge < -0.3 is 14.8 Å². The lowest BCUT2D eigenvalue weighted by Gasteiger charge is -2.09. The van der Waals surface area contributed by atoms with E-state index >= 15 is 0 Å². The van der Waals surface area contributed by atoms with Gasteiger partial charge in [0, 0.05) is 17.7 Å². The minimum Gasteiger partial charge on any atom is -0.497 e. The van der Waals surface area contributed by atoms with Gasteiger partial charge in [0.05, 0.1) is 7.11 Å². The summed E-state index contributed by atoms with van der Waals surface area (Å²) in [6.07, 6.45) is 0.759. The zero-order valence-electron chi connectivity index (χ0n) is 16.0. The topological polar surface area (TPSA) is 90.6 Å². The maximum absolute atomic E-state index is 12.2. The average Bonchev–Trinajstić information content (AvgIpc) is 3.33. The molecule has 4 rings (SSSR count). The Kier molecular flexibility index (Phi) is 5.39.